The number of halogens is 2. The minimum Gasteiger partial charge on any atom is -0.494 e. The van der Waals surface area contributed by atoms with Crippen molar-refractivity contribution < 1.29 is 9.53 Å². The maximum Gasteiger partial charge on any atom is 0.193 e. The lowest BCUT2D eigenvalue weighted by molar-refractivity contribution is 0.103. The fraction of sp³-hybridized carbons (Fsp3) is 0.278. The highest BCUT2D eigenvalue weighted by Crippen LogP contribution is 2.17. The summed E-state index contributed by atoms with van der Waals surface area (Å²) in [4.78, 5) is 12.3. The fourth-order valence-electron chi connectivity index (χ4n) is 2.03. The number of ketones is 1. The van der Waals surface area contributed by atoms with Gasteiger partial charge in [0, 0.05) is 21.5 Å². The predicted octanol–water partition coefficient (Wildman–Crippen LogP) is 5.52. The average molecular weight is 382 g/mol. The van der Waals surface area contributed by atoms with Crippen molar-refractivity contribution in [2.45, 2.75) is 19.3 Å². The summed E-state index contributed by atoms with van der Waals surface area (Å²) in [7, 11) is 0. The lowest BCUT2D eigenvalue weighted by Crippen LogP contribution is -2.02. The smallest absolute Gasteiger partial charge is 0.193 e. The summed E-state index contributed by atoms with van der Waals surface area (Å²) in [5.41, 5.74) is 1.28. The van der Waals surface area contributed by atoms with Crippen LogP contribution >= 0.6 is 27.5 Å². The zero-order valence-electron chi connectivity index (χ0n) is 12.2. The zero-order chi connectivity index (χ0) is 15.8. The summed E-state index contributed by atoms with van der Waals surface area (Å²) in [6.07, 6.45) is 3.35. The van der Waals surface area contributed by atoms with Gasteiger partial charge in [-0.25, -0.2) is 0 Å². The van der Waals surface area contributed by atoms with Gasteiger partial charge in [0.25, 0.3) is 0 Å². The Morgan fingerprint density at radius 1 is 0.909 bits per heavy atom. The molecule has 0 amide bonds. The van der Waals surface area contributed by atoms with Crippen LogP contribution in [0, 0.1) is 0 Å². The summed E-state index contributed by atoms with van der Waals surface area (Å²) in [5.74, 6) is 0.784. The number of carbonyl (C=O) groups is 1. The van der Waals surface area contributed by atoms with E-state index in [9.17, 15) is 4.79 Å². The molecule has 0 aromatic heterocycles. The second-order valence-corrected chi connectivity index (χ2v) is 6.19. The van der Waals surface area contributed by atoms with Crippen LogP contribution in [-0.4, -0.2) is 17.7 Å². The molecule has 2 aromatic rings. The third-order valence-electron chi connectivity index (χ3n) is 3.27. The Morgan fingerprint density at radius 2 is 1.50 bits per heavy atom. The number of carbonyl (C=O) groups excluding carboxylic acids is 1. The summed E-state index contributed by atoms with van der Waals surface area (Å²) in [6.45, 7) is 0.706. The molecule has 0 radical (unpaired) electrons. The first-order valence-corrected chi connectivity index (χ1v) is 8.80. The molecule has 0 unspecified atom stereocenters. The number of benzene rings is 2. The van der Waals surface area contributed by atoms with Gasteiger partial charge in [-0.05, 0) is 67.8 Å². The monoisotopic (exact) mass is 380 g/mol. The topological polar surface area (TPSA) is 26.3 Å². The highest BCUT2D eigenvalue weighted by atomic mass is 79.9. The second kappa shape index (κ2) is 8.96. The molecule has 2 aromatic carbocycles. The van der Waals surface area contributed by atoms with E-state index in [1.807, 2.05) is 12.1 Å². The van der Waals surface area contributed by atoms with Gasteiger partial charge in [0.2, 0.25) is 0 Å². The van der Waals surface area contributed by atoms with E-state index < -0.39 is 0 Å². The molecule has 0 heterocycles. The lowest BCUT2D eigenvalue weighted by Gasteiger charge is -2.07. The Morgan fingerprint density at radius 3 is 2.09 bits per heavy atom. The van der Waals surface area contributed by atoms with E-state index in [0.717, 1.165) is 30.3 Å². The molecule has 0 fully saturated rings. The Hall–Kier alpha value is -1.32. The SMILES string of the molecule is O=C(c1ccc(Cl)cc1)c1ccc(OCCCCCBr)cc1. The molecular formula is C18H18BrClO2. The van der Waals surface area contributed by atoms with Crippen LogP contribution in [0.2, 0.25) is 5.02 Å². The van der Waals surface area contributed by atoms with Crippen molar-refractivity contribution in [3.63, 3.8) is 0 Å². The van der Waals surface area contributed by atoms with Crippen molar-refractivity contribution in [2.75, 3.05) is 11.9 Å². The maximum atomic E-state index is 12.3. The van der Waals surface area contributed by atoms with Gasteiger partial charge in [-0.2, -0.15) is 0 Å². The van der Waals surface area contributed by atoms with Crippen molar-refractivity contribution in [3.8, 4) is 5.75 Å². The quantitative estimate of drug-likeness (QED) is 0.342. The van der Waals surface area contributed by atoms with E-state index >= 15 is 0 Å². The Kier molecular flexibility index (Phi) is 6.94. The van der Waals surface area contributed by atoms with E-state index in [4.69, 9.17) is 16.3 Å². The highest BCUT2D eigenvalue weighted by Gasteiger charge is 2.08. The predicted molar refractivity (Wildman–Crippen MR) is 94.5 cm³/mol. The van der Waals surface area contributed by atoms with E-state index in [1.165, 1.54) is 0 Å². The molecule has 0 N–H and O–H groups in total. The third kappa shape index (κ3) is 5.15. The minimum absolute atomic E-state index is 0.0134. The summed E-state index contributed by atoms with van der Waals surface area (Å²) >= 11 is 9.24. The van der Waals surface area contributed by atoms with E-state index in [1.54, 1.807) is 36.4 Å². The van der Waals surface area contributed by atoms with Gasteiger partial charge in [-0.3, -0.25) is 4.79 Å². The van der Waals surface area contributed by atoms with Crippen LogP contribution in [0.5, 0.6) is 5.75 Å². The Bertz CT molecular complexity index is 593. The van der Waals surface area contributed by atoms with Crippen LogP contribution in [0.3, 0.4) is 0 Å². The molecule has 0 saturated carbocycles. The largest absolute Gasteiger partial charge is 0.494 e. The lowest BCUT2D eigenvalue weighted by atomic mass is 10.0. The van der Waals surface area contributed by atoms with Crippen LogP contribution in [-0.2, 0) is 0 Å². The van der Waals surface area contributed by atoms with E-state index in [-0.39, 0.29) is 5.78 Å². The first-order chi connectivity index (χ1) is 10.7. The Balaban J connectivity index is 1.91. The number of unbranched alkanes of at least 4 members (excludes halogenated alkanes) is 2. The molecule has 0 aliphatic carbocycles. The normalized spacial score (nSPS) is 10.5. The van der Waals surface area contributed by atoms with Gasteiger partial charge in [-0.1, -0.05) is 27.5 Å². The Labute approximate surface area is 144 Å². The molecule has 0 atom stereocenters. The fourth-order valence-corrected chi connectivity index (χ4v) is 2.56. The second-order valence-electron chi connectivity index (χ2n) is 4.96. The third-order valence-corrected chi connectivity index (χ3v) is 4.08. The molecule has 116 valence electrons. The summed E-state index contributed by atoms with van der Waals surface area (Å²) in [6, 6.07) is 14.2. The number of alkyl halides is 1. The first-order valence-electron chi connectivity index (χ1n) is 7.30. The van der Waals surface area contributed by atoms with Gasteiger partial charge in [0.15, 0.2) is 5.78 Å². The molecule has 0 aliphatic rings. The number of hydrogen-bond acceptors (Lipinski definition) is 2. The van der Waals surface area contributed by atoms with Crippen molar-refractivity contribution in [3.05, 3.63) is 64.7 Å². The zero-order valence-corrected chi connectivity index (χ0v) is 14.6. The molecule has 0 saturated heterocycles. The van der Waals surface area contributed by atoms with E-state index in [0.29, 0.717) is 22.8 Å². The molecule has 0 aliphatic heterocycles. The van der Waals surface area contributed by atoms with Gasteiger partial charge in [0.1, 0.15) is 5.75 Å². The molecule has 4 heteroatoms. The molecule has 0 bridgehead atoms. The van der Waals surface area contributed by atoms with Gasteiger partial charge in [-0.15, -0.1) is 0 Å². The minimum atomic E-state index is -0.0134. The van der Waals surface area contributed by atoms with Crippen LogP contribution in [0.4, 0.5) is 0 Å². The van der Waals surface area contributed by atoms with Crippen molar-refractivity contribution in [2.24, 2.45) is 0 Å². The molecular weight excluding hydrogens is 364 g/mol. The van der Waals surface area contributed by atoms with Crippen LogP contribution in [0.1, 0.15) is 35.2 Å². The molecule has 2 nitrogen and oxygen atoms in total. The van der Waals surface area contributed by atoms with Crippen LogP contribution < -0.4 is 4.74 Å². The molecule has 0 spiro atoms. The van der Waals surface area contributed by atoms with Gasteiger partial charge in [0.05, 0.1) is 6.61 Å². The van der Waals surface area contributed by atoms with Gasteiger partial charge < -0.3 is 4.74 Å². The summed E-state index contributed by atoms with van der Waals surface area (Å²) < 4.78 is 5.66. The van der Waals surface area contributed by atoms with Crippen molar-refractivity contribution in [1.82, 2.24) is 0 Å². The van der Waals surface area contributed by atoms with Crippen molar-refractivity contribution >= 4 is 33.3 Å². The standard InChI is InChI=1S/C18H18BrClO2/c19-12-2-1-3-13-22-17-10-6-15(7-11-17)18(21)14-4-8-16(20)9-5-14/h4-11H,1-3,12-13H2. The first kappa shape index (κ1) is 17.0. The van der Waals surface area contributed by atoms with E-state index in [2.05, 4.69) is 15.9 Å². The highest BCUT2D eigenvalue weighted by molar-refractivity contribution is 9.09. The molecule has 22 heavy (non-hydrogen) atoms. The number of ether oxygens (including phenoxy) is 1. The van der Waals surface area contributed by atoms with Crippen LogP contribution in [0.15, 0.2) is 48.5 Å². The number of rotatable bonds is 8. The summed E-state index contributed by atoms with van der Waals surface area (Å²) in [5, 5.41) is 1.66. The molecule has 2 rings (SSSR count). The average Bonchev–Trinajstić information content (AvgIpc) is 2.55. The van der Waals surface area contributed by atoms with Gasteiger partial charge >= 0.3 is 0 Å². The van der Waals surface area contributed by atoms with Crippen molar-refractivity contribution in [1.29, 1.82) is 0 Å². The maximum absolute atomic E-state index is 12.3. The number of hydrogen-bond donors (Lipinski definition) is 0. The van der Waals surface area contributed by atoms with Crippen LogP contribution in [0.25, 0.3) is 0 Å².